The molecule has 0 radical (unpaired) electrons. The van der Waals surface area contributed by atoms with Gasteiger partial charge < -0.3 is 10.6 Å². The molecule has 2 rings (SSSR count). The largest absolute Gasteiger partial charge is 0.350 e. The summed E-state index contributed by atoms with van der Waals surface area (Å²) in [5.74, 6) is 0.0373. The molecule has 0 bridgehead atoms. The van der Waals surface area contributed by atoms with Gasteiger partial charge in [0.25, 0.3) is 0 Å². The molecular weight excluding hydrogens is 300 g/mol. The number of amides is 1. The predicted molar refractivity (Wildman–Crippen MR) is 91.0 cm³/mol. The first-order valence-electron chi connectivity index (χ1n) is 7.04. The Morgan fingerprint density at radius 2 is 1.90 bits per heavy atom. The molecule has 3 nitrogen and oxygen atoms in total. The van der Waals surface area contributed by atoms with Crippen LogP contribution in [0.1, 0.15) is 36.6 Å². The molecule has 114 valence electrons. The molecule has 2 aromatic heterocycles. The zero-order valence-electron chi connectivity index (χ0n) is 12.7. The minimum Gasteiger partial charge on any atom is -0.350 e. The van der Waals surface area contributed by atoms with E-state index in [1.807, 2.05) is 20.8 Å². The van der Waals surface area contributed by atoms with Crippen LogP contribution in [-0.2, 0) is 11.2 Å². The van der Waals surface area contributed by atoms with Gasteiger partial charge in [0.1, 0.15) is 0 Å². The van der Waals surface area contributed by atoms with E-state index in [2.05, 4.69) is 45.7 Å². The lowest BCUT2D eigenvalue weighted by molar-refractivity contribution is -0.121. The molecule has 5 heteroatoms. The molecule has 2 heterocycles. The van der Waals surface area contributed by atoms with Crippen LogP contribution in [0.15, 0.2) is 35.0 Å². The molecule has 0 aliphatic rings. The summed E-state index contributed by atoms with van der Waals surface area (Å²) in [5.41, 5.74) is -0.190. The summed E-state index contributed by atoms with van der Waals surface area (Å²) in [6, 6.07) is 8.57. The fourth-order valence-corrected chi connectivity index (χ4v) is 3.63. The summed E-state index contributed by atoms with van der Waals surface area (Å²) in [7, 11) is 0. The van der Waals surface area contributed by atoms with Crippen LogP contribution in [0.2, 0.25) is 0 Å². The monoisotopic (exact) mass is 322 g/mol. The maximum absolute atomic E-state index is 12.0. The predicted octanol–water partition coefficient (Wildman–Crippen LogP) is 3.60. The number of nitrogens with one attached hydrogen (secondary N) is 2. The summed E-state index contributed by atoms with van der Waals surface area (Å²) < 4.78 is 0. The van der Waals surface area contributed by atoms with Crippen molar-refractivity contribution < 1.29 is 4.79 Å². The van der Waals surface area contributed by atoms with Crippen LogP contribution in [0, 0.1) is 0 Å². The Labute approximate surface area is 134 Å². The first kappa shape index (κ1) is 16.2. The highest BCUT2D eigenvalue weighted by molar-refractivity contribution is 7.10. The highest BCUT2D eigenvalue weighted by Crippen LogP contribution is 2.24. The third kappa shape index (κ3) is 5.61. The third-order valence-electron chi connectivity index (χ3n) is 2.90. The summed E-state index contributed by atoms with van der Waals surface area (Å²) >= 11 is 3.48. The summed E-state index contributed by atoms with van der Waals surface area (Å²) in [6.07, 6.45) is 0.918. The Kier molecular flexibility index (Phi) is 5.56. The molecule has 0 spiro atoms. The number of hydrogen-bond donors (Lipinski definition) is 2. The van der Waals surface area contributed by atoms with E-state index in [1.165, 1.54) is 9.75 Å². The van der Waals surface area contributed by atoms with Crippen LogP contribution in [-0.4, -0.2) is 18.0 Å². The molecule has 2 aromatic rings. The van der Waals surface area contributed by atoms with E-state index in [-0.39, 0.29) is 17.5 Å². The molecule has 0 fully saturated rings. The van der Waals surface area contributed by atoms with Crippen molar-refractivity contribution in [3.63, 3.8) is 0 Å². The van der Waals surface area contributed by atoms with Gasteiger partial charge in [-0.05, 0) is 43.7 Å². The number of thiophene rings is 2. The van der Waals surface area contributed by atoms with Crippen molar-refractivity contribution >= 4 is 28.6 Å². The van der Waals surface area contributed by atoms with Crippen molar-refractivity contribution in [2.75, 3.05) is 6.54 Å². The summed E-state index contributed by atoms with van der Waals surface area (Å²) in [6.45, 7) is 6.32. The van der Waals surface area contributed by atoms with Gasteiger partial charge in [0.05, 0.1) is 6.54 Å². The Morgan fingerprint density at radius 3 is 2.48 bits per heavy atom. The maximum atomic E-state index is 12.0. The number of rotatable bonds is 6. The smallest absolute Gasteiger partial charge is 0.234 e. The van der Waals surface area contributed by atoms with E-state index >= 15 is 0 Å². The van der Waals surface area contributed by atoms with Gasteiger partial charge in [0, 0.05) is 27.8 Å². The number of carbonyl (C=O) groups excluding carboxylic acids is 1. The van der Waals surface area contributed by atoms with Crippen molar-refractivity contribution in [1.29, 1.82) is 0 Å². The average Bonchev–Trinajstić information content (AvgIpc) is 3.05. The van der Waals surface area contributed by atoms with Crippen LogP contribution in [0.5, 0.6) is 0 Å². The minimum absolute atomic E-state index is 0.0373. The van der Waals surface area contributed by atoms with Gasteiger partial charge in [0.15, 0.2) is 0 Å². The number of carbonyl (C=O) groups is 1. The van der Waals surface area contributed by atoms with Gasteiger partial charge in [-0.1, -0.05) is 12.1 Å². The molecule has 0 aliphatic carbocycles. The zero-order valence-corrected chi connectivity index (χ0v) is 14.3. The zero-order chi connectivity index (χ0) is 15.3. The van der Waals surface area contributed by atoms with Crippen LogP contribution in [0.3, 0.4) is 0 Å². The average molecular weight is 322 g/mol. The molecule has 2 N–H and O–H groups in total. The molecule has 1 atom stereocenters. The summed E-state index contributed by atoms with van der Waals surface area (Å²) in [4.78, 5) is 14.6. The Bertz CT molecular complexity index is 541. The SMILES string of the molecule is CC(C)(C)NC(=O)CNC(Cc1cccs1)c1cccs1. The second-order valence-corrected chi connectivity index (χ2v) is 8.04. The van der Waals surface area contributed by atoms with Crippen molar-refractivity contribution in [3.05, 3.63) is 44.8 Å². The first-order valence-corrected chi connectivity index (χ1v) is 8.80. The van der Waals surface area contributed by atoms with Crippen molar-refractivity contribution in [3.8, 4) is 0 Å². The maximum Gasteiger partial charge on any atom is 0.234 e. The van der Waals surface area contributed by atoms with E-state index in [1.54, 1.807) is 22.7 Å². The van der Waals surface area contributed by atoms with Crippen LogP contribution in [0.4, 0.5) is 0 Å². The molecule has 0 saturated carbocycles. The molecular formula is C16H22N2OS2. The van der Waals surface area contributed by atoms with E-state index in [0.29, 0.717) is 6.54 Å². The quantitative estimate of drug-likeness (QED) is 0.853. The highest BCUT2D eigenvalue weighted by atomic mass is 32.1. The van der Waals surface area contributed by atoms with Crippen molar-refractivity contribution in [1.82, 2.24) is 10.6 Å². The third-order valence-corrected chi connectivity index (χ3v) is 4.78. The topological polar surface area (TPSA) is 41.1 Å². The number of hydrogen-bond acceptors (Lipinski definition) is 4. The van der Waals surface area contributed by atoms with Gasteiger partial charge in [-0.2, -0.15) is 0 Å². The minimum atomic E-state index is -0.190. The van der Waals surface area contributed by atoms with E-state index in [0.717, 1.165) is 6.42 Å². The lowest BCUT2D eigenvalue weighted by atomic mass is 10.1. The van der Waals surface area contributed by atoms with Gasteiger partial charge in [-0.25, -0.2) is 0 Å². The van der Waals surface area contributed by atoms with Crippen LogP contribution < -0.4 is 10.6 Å². The van der Waals surface area contributed by atoms with Gasteiger partial charge in [-0.3, -0.25) is 4.79 Å². The fraction of sp³-hybridized carbons (Fsp3) is 0.438. The molecule has 0 aromatic carbocycles. The van der Waals surface area contributed by atoms with Crippen molar-refractivity contribution in [2.45, 2.75) is 38.8 Å². The van der Waals surface area contributed by atoms with E-state index in [4.69, 9.17) is 0 Å². The van der Waals surface area contributed by atoms with E-state index in [9.17, 15) is 4.79 Å². The lowest BCUT2D eigenvalue weighted by Gasteiger charge is -2.22. The second-order valence-electron chi connectivity index (χ2n) is 6.03. The molecule has 1 amide bonds. The highest BCUT2D eigenvalue weighted by Gasteiger charge is 2.17. The van der Waals surface area contributed by atoms with Crippen molar-refractivity contribution in [2.24, 2.45) is 0 Å². The molecule has 0 aliphatic heterocycles. The van der Waals surface area contributed by atoms with Gasteiger partial charge in [0.2, 0.25) is 5.91 Å². The fourth-order valence-electron chi connectivity index (χ4n) is 2.07. The van der Waals surface area contributed by atoms with Gasteiger partial charge in [-0.15, -0.1) is 22.7 Å². The van der Waals surface area contributed by atoms with Crippen LogP contribution >= 0.6 is 22.7 Å². The standard InChI is InChI=1S/C16H22N2OS2/c1-16(2,3)18-15(19)11-17-13(14-7-5-9-21-14)10-12-6-4-8-20-12/h4-9,13,17H,10-11H2,1-3H3,(H,18,19). The first-order chi connectivity index (χ1) is 9.94. The molecule has 21 heavy (non-hydrogen) atoms. The Morgan fingerprint density at radius 1 is 1.19 bits per heavy atom. The lowest BCUT2D eigenvalue weighted by Crippen LogP contribution is -2.45. The second kappa shape index (κ2) is 7.20. The molecule has 0 saturated heterocycles. The Hall–Kier alpha value is -1.17. The van der Waals surface area contributed by atoms with Gasteiger partial charge >= 0.3 is 0 Å². The van der Waals surface area contributed by atoms with E-state index < -0.39 is 0 Å². The van der Waals surface area contributed by atoms with Crippen LogP contribution in [0.25, 0.3) is 0 Å². The Balaban J connectivity index is 1.95. The summed E-state index contributed by atoms with van der Waals surface area (Å²) in [5, 5.41) is 10.5. The molecule has 1 unspecified atom stereocenters. The normalized spacial score (nSPS) is 13.1.